The van der Waals surface area contributed by atoms with Crippen LogP contribution in [0.4, 0.5) is 5.82 Å². The molecule has 0 aliphatic carbocycles. The molecule has 33 heavy (non-hydrogen) atoms. The van der Waals surface area contributed by atoms with E-state index in [1.54, 1.807) is 9.58 Å². The van der Waals surface area contributed by atoms with E-state index in [2.05, 4.69) is 12.2 Å². The second kappa shape index (κ2) is 11.5. The van der Waals surface area contributed by atoms with Crippen molar-refractivity contribution in [1.29, 1.82) is 0 Å². The van der Waals surface area contributed by atoms with E-state index >= 15 is 0 Å². The van der Waals surface area contributed by atoms with E-state index in [0.717, 1.165) is 47.3 Å². The number of hydrogen-bond donors (Lipinski definition) is 1. The van der Waals surface area contributed by atoms with Gasteiger partial charge in [0.25, 0.3) is 0 Å². The number of amides is 2. The molecule has 1 heterocycles. The Labute approximate surface area is 196 Å². The fourth-order valence-corrected chi connectivity index (χ4v) is 3.97. The van der Waals surface area contributed by atoms with Gasteiger partial charge in [-0.15, -0.1) is 0 Å². The van der Waals surface area contributed by atoms with Crippen molar-refractivity contribution in [1.82, 2.24) is 14.7 Å². The summed E-state index contributed by atoms with van der Waals surface area (Å²) in [6.45, 7) is 8.51. The predicted molar refractivity (Wildman–Crippen MR) is 133 cm³/mol. The van der Waals surface area contributed by atoms with Crippen molar-refractivity contribution in [2.24, 2.45) is 0 Å². The second-order valence-corrected chi connectivity index (χ2v) is 8.29. The maximum atomic E-state index is 13.1. The zero-order valence-corrected chi connectivity index (χ0v) is 20.1. The van der Waals surface area contributed by atoms with Crippen molar-refractivity contribution >= 4 is 17.6 Å². The van der Waals surface area contributed by atoms with Crippen molar-refractivity contribution in [3.05, 3.63) is 65.9 Å². The summed E-state index contributed by atoms with van der Waals surface area (Å²) in [4.78, 5) is 27.3. The standard InChI is InChI=1S/C27H34N4O2/c1-5-7-9-18-25(33)30(6-2)19-24(32)28-27-26(22-15-10-8-11-16-22)21(4)29-31(27)23-17-13-12-14-20(23)3/h8,10-17H,5-7,9,18-19H2,1-4H3,(H,28,32). The molecule has 0 saturated carbocycles. The summed E-state index contributed by atoms with van der Waals surface area (Å²) in [5.41, 5.74) is 4.64. The van der Waals surface area contributed by atoms with Crippen molar-refractivity contribution in [2.45, 2.75) is 53.4 Å². The molecule has 2 amide bonds. The number of anilines is 1. The van der Waals surface area contributed by atoms with E-state index < -0.39 is 0 Å². The first-order valence-electron chi connectivity index (χ1n) is 11.7. The van der Waals surface area contributed by atoms with Gasteiger partial charge in [-0.1, -0.05) is 68.3 Å². The first kappa shape index (κ1) is 24.2. The third-order valence-electron chi connectivity index (χ3n) is 5.79. The van der Waals surface area contributed by atoms with Gasteiger partial charge in [0.1, 0.15) is 5.82 Å². The average Bonchev–Trinajstić information content (AvgIpc) is 3.13. The Morgan fingerprint density at radius 1 is 0.970 bits per heavy atom. The van der Waals surface area contributed by atoms with E-state index in [1.807, 2.05) is 75.4 Å². The Balaban J connectivity index is 1.93. The highest BCUT2D eigenvalue weighted by Gasteiger charge is 2.22. The first-order valence-corrected chi connectivity index (χ1v) is 11.7. The van der Waals surface area contributed by atoms with Crippen LogP contribution in [0.2, 0.25) is 0 Å². The second-order valence-electron chi connectivity index (χ2n) is 8.29. The Hall–Kier alpha value is -3.41. The maximum Gasteiger partial charge on any atom is 0.245 e. The predicted octanol–water partition coefficient (Wildman–Crippen LogP) is 5.52. The van der Waals surface area contributed by atoms with Crippen LogP contribution in [0.25, 0.3) is 16.8 Å². The van der Waals surface area contributed by atoms with Crippen molar-refractivity contribution in [3.63, 3.8) is 0 Å². The van der Waals surface area contributed by atoms with Crippen LogP contribution < -0.4 is 5.32 Å². The van der Waals surface area contributed by atoms with Gasteiger partial charge >= 0.3 is 0 Å². The lowest BCUT2D eigenvalue weighted by Gasteiger charge is -2.21. The van der Waals surface area contributed by atoms with Gasteiger partial charge in [0, 0.05) is 18.5 Å². The molecular weight excluding hydrogens is 412 g/mol. The summed E-state index contributed by atoms with van der Waals surface area (Å²) in [6, 6.07) is 17.9. The van der Waals surface area contributed by atoms with Gasteiger partial charge in [-0.3, -0.25) is 9.59 Å². The van der Waals surface area contributed by atoms with Crippen LogP contribution in [0.5, 0.6) is 0 Å². The van der Waals surface area contributed by atoms with Crippen LogP contribution >= 0.6 is 0 Å². The van der Waals surface area contributed by atoms with E-state index in [9.17, 15) is 9.59 Å². The maximum absolute atomic E-state index is 13.1. The summed E-state index contributed by atoms with van der Waals surface area (Å²) >= 11 is 0. The molecule has 0 unspecified atom stereocenters. The lowest BCUT2D eigenvalue weighted by molar-refractivity contribution is -0.134. The number of nitrogens with one attached hydrogen (secondary N) is 1. The van der Waals surface area contributed by atoms with Crippen LogP contribution in [0.15, 0.2) is 54.6 Å². The SMILES string of the molecule is CCCCCC(=O)N(CC)CC(=O)Nc1c(-c2ccccc2)c(C)nn1-c1ccccc1C. The van der Waals surface area contributed by atoms with Crippen LogP contribution in [0.3, 0.4) is 0 Å². The number of aromatic nitrogens is 2. The van der Waals surface area contributed by atoms with Gasteiger partial charge in [0.15, 0.2) is 0 Å². The van der Waals surface area contributed by atoms with Gasteiger partial charge in [0.05, 0.1) is 17.9 Å². The number of likely N-dealkylation sites (N-methyl/N-ethyl adjacent to an activating group) is 1. The molecule has 0 fully saturated rings. The average molecular weight is 447 g/mol. The molecule has 2 aromatic carbocycles. The molecule has 0 bridgehead atoms. The Bertz CT molecular complexity index is 1090. The molecule has 0 saturated heterocycles. The molecule has 6 nitrogen and oxygen atoms in total. The van der Waals surface area contributed by atoms with Crippen molar-refractivity contribution in [2.75, 3.05) is 18.4 Å². The van der Waals surface area contributed by atoms with E-state index in [1.165, 1.54) is 0 Å². The zero-order chi connectivity index (χ0) is 23.8. The number of hydrogen-bond acceptors (Lipinski definition) is 3. The molecule has 0 aliphatic heterocycles. The number of carbonyl (C=O) groups is 2. The number of carbonyl (C=O) groups excluding carboxylic acids is 2. The minimum atomic E-state index is -0.229. The summed E-state index contributed by atoms with van der Waals surface area (Å²) in [5, 5.41) is 7.86. The minimum Gasteiger partial charge on any atom is -0.334 e. The van der Waals surface area contributed by atoms with Crippen molar-refractivity contribution in [3.8, 4) is 16.8 Å². The van der Waals surface area contributed by atoms with Gasteiger partial charge < -0.3 is 10.2 Å². The third kappa shape index (κ3) is 5.89. The molecular formula is C27H34N4O2. The summed E-state index contributed by atoms with van der Waals surface area (Å²) in [5.74, 6) is 0.410. The number of para-hydroxylation sites is 1. The molecule has 0 aliphatic rings. The number of nitrogens with zero attached hydrogens (tertiary/aromatic N) is 3. The van der Waals surface area contributed by atoms with Gasteiger partial charge in [0.2, 0.25) is 11.8 Å². The number of benzene rings is 2. The summed E-state index contributed by atoms with van der Waals surface area (Å²) in [6.07, 6.45) is 3.41. The topological polar surface area (TPSA) is 67.2 Å². The Kier molecular flexibility index (Phi) is 8.41. The van der Waals surface area contributed by atoms with Gasteiger partial charge in [-0.05, 0) is 44.4 Å². The van der Waals surface area contributed by atoms with Gasteiger partial charge in [-0.2, -0.15) is 5.10 Å². The lowest BCUT2D eigenvalue weighted by atomic mass is 10.1. The summed E-state index contributed by atoms with van der Waals surface area (Å²) < 4.78 is 1.80. The van der Waals surface area contributed by atoms with E-state index in [4.69, 9.17) is 5.10 Å². The van der Waals surface area contributed by atoms with Crippen LogP contribution in [-0.2, 0) is 9.59 Å². The molecule has 0 spiro atoms. The number of rotatable bonds is 10. The minimum absolute atomic E-state index is 0.0213. The normalized spacial score (nSPS) is 10.8. The third-order valence-corrected chi connectivity index (χ3v) is 5.79. The highest BCUT2D eigenvalue weighted by atomic mass is 16.2. The molecule has 174 valence electrons. The monoisotopic (exact) mass is 446 g/mol. The molecule has 0 radical (unpaired) electrons. The van der Waals surface area contributed by atoms with Crippen LogP contribution in [-0.4, -0.2) is 39.6 Å². The molecule has 0 atom stereocenters. The molecule has 1 aromatic heterocycles. The molecule has 6 heteroatoms. The number of unbranched alkanes of at least 4 members (excludes halogenated alkanes) is 2. The molecule has 3 aromatic rings. The van der Waals surface area contributed by atoms with Gasteiger partial charge in [-0.25, -0.2) is 4.68 Å². The highest BCUT2D eigenvalue weighted by Crippen LogP contribution is 2.34. The number of aryl methyl sites for hydroxylation is 2. The summed E-state index contributed by atoms with van der Waals surface area (Å²) in [7, 11) is 0. The largest absolute Gasteiger partial charge is 0.334 e. The Morgan fingerprint density at radius 3 is 2.33 bits per heavy atom. The van der Waals surface area contributed by atoms with Crippen molar-refractivity contribution < 1.29 is 9.59 Å². The smallest absolute Gasteiger partial charge is 0.245 e. The van der Waals surface area contributed by atoms with E-state index in [-0.39, 0.29) is 18.4 Å². The Morgan fingerprint density at radius 2 is 1.67 bits per heavy atom. The fraction of sp³-hybridized carbons (Fsp3) is 0.370. The molecule has 3 rings (SSSR count). The van der Waals surface area contributed by atoms with Crippen LogP contribution in [0, 0.1) is 13.8 Å². The highest BCUT2D eigenvalue weighted by molar-refractivity contribution is 5.98. The zero-order valence-electron chi connectivity index (χ0n) is 20.1. The van der Waals surface area contributed by atoms with E-state index in [0.29, 0.717) is 18.8 Å². The first-order chi connectivity index (χ1) is 16.0. The lowest BCUT2D eigenvalue weighted by Crippen LogP contribution is -2.38. The quantitative estimate of drug-likeness (QED) is 0.417. The van der Waals surface area contributed by atoms with Crippen LogP contribution in [0.1, 0.15) is 50.8 Å². The molecule has 1 N–H and O–H groups in total. The fourth-order valence-electron chi connectivity index (χ4n) is 3.97.